The van der Waals surface area contributed by atoms with Crippen LogP contribution in [0.5, 0.6) is 17.2 Å². The fraction of sp³-hybridized carbons (Fsp3) is 0.333. The Morgan fingerprint density at radius 2 is 0.683 bits per heavy atom. The number of methoxy groups -OCH3 is 1. The summed E-state index contributed by atoms with van der Waals surface area (Å²) >= 11 is 0. The van der Waals surface area contributed by atoms with Crippen molar-refractivity contribution in [1.29, 1.82) is 0 Å². The molecule has 8 rings (SSSR count). The number of hydrogen-bond donors (Lipinski definition) is 0. The quantitative estimate of drug-likeness (QED) is 0.165. The minimum Gasteiger partial charge on any atom is -0.497 e. The predicted molar refractivity (Wildman–Crippen MR) is 263 cm³/mol. The minimum atomic E-state index is -2.05. The maximum absolute atomic E-state index is 7.30. The van der Waals surface area contributed by atoms with Gasteiger partial charge in [-0.15, -0.1) is 0 Å². The zero-order valence-corrected chi connectivity index (χ0v) is 41.5. The van der Waals surface area contributed by atoms with Crippen molar-refractivity contribution in [2.45, 2.75) is 115 Å². The first kappa shape index (κ1) is 44.1. The maximum Gasteiger partial charge on any atom is 0.453 e. The van der Waals surface area contributed by atoms with Crippen LogP contribution >= 0.6 is 16.5 Å². The normalized spacial score (nSPS) is 12.1. The molecule has 0 amide bonds. The molecule has 0 unspecified atom stereocenters. The summed E-state index contributed by atoms with van der Waals surface area (Å²) in [6.45, 7) is 32.0. The van der Waals surface area contributed by atoms with Gasteiger partial charge < -0.3 is 30.6 Å². The summed E-state index contributed by atoms with van der Waals surface area (Å²) in [7, 11) is -2.39. The molecule has 9 heteroatoms. The second kappa shape index (κ2) is 16.3. The third-order valence-electron chi connectivity index (χ3n) is 11.7. The monoisotopic (exact) mass is 882 g/mol. The van der Waals surface area contributed by atoms with Gasteiger partial charge in [0.1, 0.15) is 39.6 Å². The molecule has 0 spiro atoms. The summed E-state index contributed by atoms with van der Waals surface area (Å²) in [5, 5.41) is 3.96. The van der Waals surface area contributed by atoms with Crippen molar-refractivity contribution in [2.75, 3.05) is 7.11 Å². The van der Waals surface area contributed by atoms with Crippen LogP contribution in [0.15, 0.2) is 89.6 Å². The summed E-state index contributed by atoms with van der Waals surface area (Å²) in [5.41, 5.74) is 15.5. The Balaban J connectivity index is 1.46. The van der Waals surface area contributed by atoms with Crippen LogP contribution in [-0.2, 0) is 10.8 Å². The van der Waals surface area contributed by atoms with E-state index in [9.17, 15) is 0 Å². The van der Waals surface area contributed by atoms with Gasteiger partial charge in [-0.3, -0.25) is 0 Å². The Labute approximate surface area is 373 Å². The third kappa shape index (κ3) is 8.51. The van der Waals surface area contributed by atoms with E-state index in [-0.39, 0.29) is 5.41 Å². The van der Waals surface area contributed by atoms with E-state index in [1.54, 1.807) is 7.11 Å². The molecule has 63 heavy (non-hydrogen) atoms. The lowest BCUT2D eigenvalue weighted by Gasteiger charge is -2.28. The average molecular weight is 883 g/mol. The molecule has 0 saturated carbocycles. The van der Waals surface area contributed by atoms with Gasteiger partial charge in [0.2, 0.25) is 0 Å². The van der Waals surface area contributed by atoms with Gasteiger partial charge in [0.05, 0.1) is 7.11 Å². The van der Waals surface area contributed by atoms with E-state index in [2.05, 4.69) is 171 Å². The summed E-state index contributed by atoms with van der Waals surface area (Å²) in [5.74, 6) is 1.94. The van der Waals surface area contributed by atoms with E-state index in [0.717, 1.165) is 116 Å². The topological polar surface area (TPSA) is 80.2 Å². The maximum atomic E-state index is 7.30. The molecule has 0 aliphatic heterocycles. The molecular formula is C54H60O7P2. The van der Waals surface area contributed by atoms with E-state index in [1.165, 1.54) is 0 Å². The highest BCUT2D eigenvalue weighted by molar-refractivity contribution is 7.32. The van der Waals surface area contributed by atoms with Crippen molar-refractivity contribution in [2.24, 2.45) is 0 Å². The highest BCUT2D eigenvalue weighted by Crippen LogP contribution is 2.53. The molecule has 328 valence electrons. The van der Waals surface area contributed by atoms with Gasteiger partial charge in [0, 0.05) is 43.8 Å². The van der Waals surface area contributed by atoms with Crippen LogP contribution < -0.4 is 13.8 Å². The van der Waals surface area contributed by atoms with Gasteiger partial charge in [-0.1, -0.05) is 71.9 Å². The lowest BCUT2D eigenvalue weighted by Crippen LogP contribution is -2.15. The first-order valence-electron chi connectivity index (χ1n) is 21.6. The van der Waals surface area contributed by atoms with E-state index < -0.39 is 21.9 Å². The first-order chi connectivity index (χ1) is 29.6. The second-order valence-corrected chi connectivity index (χ2v) is 21.6. The Hall–Kier alpha value is -5.48. The molecule has 2 heterocycles. The van der Waals surface area contributed by atoms with Crippen LogP contribution in [0, 0.1) is 62.3 Å². The van der Waals surface area contributed by atoms with E-state index in [0.29, 0.717) is 17.2 Å². The SMILES string of the molecule is COc1cc(-c2cc(C)cc(C(C)(C)C)c2Op2oc3c(C)cc(C)cc3c3cc(C)cc(C)c3o2)c(Op2oc3c(C)cc(C)cc3c3cc(C)cc(C)c3o2)c(C(C)(C)C)c1. The van der Waals surface area contributed by atoms with Gasteiger partial charge in [0.25, 0.3) is 0 Å². The van der Waals surface area contributed by atoms with Gasteiger partial charge in [0.15, 0.2) is 0 Å². The molecular weight excluding hydrogens is 823 g/mol. The van der Waals surface area contributed by atoms with Crippen molar-refractivity contribution in [3.63, 3.8) is 0 Å². The standard InChI is InChI=1S/C54H60O7P2/c1-29-17-34(6)47-39(21-29)40-22-30(2)18-35(7)48(40)57-62(56-47)60-51-43(25-33(5)26-45(51)53(10,11)12)44-27-38(55-16)28-46(54(13,14)15)52(44)61-63-58-49-36(8)19-31(3)23-41(49)42-24-32(4)20-37(9)50(42)59-63/h17-28H,1-16H3. The number of benzene rings is 6. The zero-order chi connectivity index (χ0) is 45.4. The van der Waals surface area contributed by atoms with Crippen LogP contribution in [0.4, 0.5) is 0 Å². The number of rotatable bonds is 6. The fourth-order valence-electron chi connectivity index (χ4n) is 8.87. The van der Waals surface area contributed by atoms with Crippen molar-refractivity contribution >= 4 is 60.4 Å². The summed E-state index contributed by atoms with van der Waals surface area (Å²) in [4.78, 5) is 0. The molecule has 0 aliphatic carbocycles. The largest absolute Gasteiger partial charge is 0.497 e. The van der Waals surface area contributed by atoms with Gasteiger partial charge in [-0.05, 0) is 166 Å². The van der Waals surface area contributed by atoms with E-state index in [1.807, 2.05) is 6.07 Å². The summed E-state index contributed by atoms with van der Waals surface area (Å²) in [6.07, 6.45) is 0. The molecule has 0 radical (unpaired) electrons. The Morgan fingerprint density at radius 1 is 0.381 bits per heavy atom. The Morgan fingerprint density at radius 3 is 1.00 bits per heavy atom. The van der Waals surface area contributed by atoms with Crippen LogP contribution in [0.3, 0.4) is 0 Å². The van der Waals surface area contributed by atoms with E-state index >= 15 is 0 Å². The summed E-state index contributed by atoms with van der Waals surface area (Å²) < 4.78 is 48.4. The molecule has 6 aromatic carbocycles. The van der Waals surface area contributed by atoms with Crippen LogP contribution in [0.1, 0.15) is 103 Å². The van der Waals surface area contributed by atoms with Crippen LogP contribution in [0.2, 0.25) is 0 Å². The van der Waals surface area contributed by atoms with Gasteiger partial charge in [-0.25, -0.2) is 0 Å². The molecule has 8 aromatic rings. The lowest BCUT2D eigenvalue weighted by molar-refractivity contribution is 0.410. The molecule has 0 aliphatic rings. The number of ether oxygens (including phenoxy) is 1. The lowest BCUT2D eigenvalue weighted by atomic mass is 9.81. The van der Waals surface area contributed by atoms with Crippen molar-refractivity contribution in [3.8, 4) is 28.4 Å². The molecule has 0 bridgehead atoms. The average Bonchev–Trinajstić information content (AvgIpc) is 3.43. The van der Waals surface area contributed by atoms with Gasteiger partial charge >= 0.3 is 16.5 Å². The molecule has 0 fully saturated rings. The third-order valence-corrected chi connectivity index (χ3v) is 13.7. The molecule has 7 nitrogen and oxygen atoms in total. The molecule has 0 saturated heterocycles. The molecule has 2 aromatic heterocycles. The number of hydrogen-bond acceptors (Lipinski definition) is 7. The van der Waals surface area contributed by atoms with Crippen molar-refractivity contribution < 1.29 is 30.6 Å². The zero-order valence-electron chi connectivity index (χ0n) is 39.7. The summed E-state index contributed by atoms with van der Waals surface area (Å²) in [6, 6.07) is 25.7. The van der Waals surface area contributed by atoms with Crippen molar-refractivity contribution in [1.82, 2.24) is 0 Å². The van der Waals surface area contributed by atoms with Crippen molar-refractivity contribution in [3.05, 3.63) is 134 Å². The minimum absolute atomic E-state index is 0.351. The van der Waals surface area contributed by atoms with Gasteiger partial charge in [-0.2, -0.15) is 0 Å². The molecule has 0 atom stereocenters. The van der Waals surface area contributed by atoms with E-state index in [4.69, 9.17) is 30.6 Å². The second-order valence-electron chi connectivity index (χ2n) is 19.6. The highest BCUT2D eigenvalue weighted by Gasteiger charge is 2.31. The number of fused-ring (bicyclic) bond motifs is 6. The fourth-order valence-corrected chi connectivity index (χ4v) is 11.3. The van der Waals surface area contributed by atoms with Crippen LogP contribution in [-0.4, -0.2) is 7.11 Å². The smallest absolute Gasteiger partial charge is 0.453 e. The first-order valence-corrected chi connectivity index (χ1v) is 23.8. The Bertz CT molecular complexity index is 3090. The molecule has 0 N–H and O–H groups in total. The van der Waals surface area contributed by atoms with Crippen LogP contribution in [0.25, 0.3) is 55.0 Å². The Kier molecular flexibility index (Phi) is 11.4. The predicted octanol–water partition coefficient (Wildman–Crippen LogP) is 17.6. The highest BCUT2D eigenvalue weighted by atomic mass is 31.1. The number of aryl methyl sites for hydroxylation is 9.